The molecule has 0 spiro atoms. The molecule has 5 heteroatoms. The average molecular weight is 902 g/mol. The molecule has 6 rings (SSSR count). The molecule has 253 valence electrons. The second-order valence-corrected chi connectivity index (χ2v) is 26.5. The fourth-order valence-corrected chi connectivity index (χ4v) is 9.46. The van der Waals surface area contributed by atoms with Crippen LogP contribution in [-0.4, -0.2) is 23.2 Å². The minimum Gasteiger partial charge on any atom is 0 e. The van der Waals surface area contributed by atoms with Crippen molar-refractivity contribution in [2.75, 3.05) is 0 Å². The molecule has 0 saturated heterocycles. The quantitative estimate of drug-likeness (QED) is 0.127. The van der Waals surface area contributed by atoms with Crippen molar-refractivity contribution in [3.8, 4) is 22.5 Å². The maximum absolute atomic E-state index is 8.76. The molecule has 0 atom stereocenters. The van der Waals surface area contributed by atoms with Crippen molar-refractivity contribution in [3.05, 3.63) is 114 Å². The van der Waals surface area contributed by atoms with E-state index >= 15 is 0 Å². The molecule has 1 radical (unpaired) electrons. The van der Waals surface area contributed by atoms with Crippen LogP contribution in [0.2, 0.25) is 17.3 Å². The number of hydrogen-bond acceptors (Lipinski definition) is 3. The molecule has 48 heavy (non-hydrogen) atoms. The first kappa shape index (κ1) is 26.2. The Bertz CT molecular complexity index is 2400. The predicted octanol–water partition coefficient (Wildman–Crippen LogP) is 11.8. The molecule has 0 bridgehead atoms. The van der Waals surface area contributed by atoms with Gasteiger partial charge in [-0.05, 0) is 58.5 Å². The Morgan fingerprint density at radius 3 is 2.12 bits per heavy atom. The van der Waals surface area contributed by atoms with Gasteiger partial charge in [-0.2, -0.15) is 11.3 Å². The standard InChI is InChI=1S/C24H24NS.C19H26GeN.Ir/c1-15-9-10-18-19-7-6-8-20(23(19)26-22(18)11-15)21-12-17(13-24(3,4)5)16(2)14-25-21;1-19(2,3)13-16-12-18(15-10-8-7-9-11-15)21-14-17(16)20(4,5)6;/h6-7,9-12,14H,13H2,1-5H3;7-10,12,14H,13H2,1-6H3;/q2*-1;/i1D3,2D3,13D2;13D2;. The average Bonchev–Trinajstić information content (AvgIpc) is 3.48. The molecule has 6 aromatic rings. The van der Waals surface area contributed by atoms with Crippen molar-refractivity contribution < 1.29 is 33.8 Å². The molecule has 0 aliphatic heterocycles. The third-order valence-electron chi connectivity index (χ3n) is 7.31. The van der Waals surface area contributed by atoms with Gasteiger partial charge in [0.2, 0.25) is 0 Å². The van der Waals surface area contributed by atoms with Gasteiger partial charge < -0.3 is 4.98 Å². The summed E-state index contributed by atoms with van der Waals surface area (Å²) in [5.74, 6) is 6.86. The zero-order valence-corrected chi connectivity index (χ0v) is 34.5. The van der Waals surface area contributed by atoms with E-state index in [0.717, 1.165) is 41.4 Å². The van der Waals surface area contributed by atoms with Gasteiger partial charge in [0, 0.05) is 42.0 Å². The van der Waals surface area contributed by atoms with Gasteiger partial charge in [-0.15, -0.1) is 23.8 Å². The predicted molar refractivity (Wildman–Crippen MR) is 209 cm³/mol. The van der Waals surface area contributed by atoms with Gasteiger partial charge >= 0.3 is 135 Å². The molecule has 0 aliphatic carbocycles. The van der Waals surface area contributed by atoms with Crippen molar-refractivity contribution in [1.82, 2.24) is 9.97 Å². The van der Waals surface area contributed by atoms with Crippen LogP contribution in [0.25, 0.3) is 42.7 Å². The summed E-state index contributed by atoms with van der Waals surface area (Å²) < 4.78 is 84.7. The third-order valence-corrected chi connectivity index (χ3v) is 12.7. The third kappa shape index (κ3) is 9.53. The summed E-state index contributed by atoms with van der Waals surface area (Å²) in [6, 6.07) is 26.3. The number of nitrogens with zero attached hydrogens (tertiary/aromatic N) is 2. The van der Waals surface area contributed by atoms with Gasteiger partial charge in [0.15, 0.2) is 0 Å². The monoisotopic (exact) mass is 903 g/mol. The molecular weight excluding hydrogens is 841 g/mol. The molecular formula is C43H50GeIrN2S-2. The maximum atomic E-state index is 8.76. The summed E-state index contributed by atoms with van der Waals surface area (Å²) in [6.07, 6.45) is -0.187. The van der Waals surface area contributed by atoms with Gasteiger partial charge in [-0.1, -0.05) is 49.9 Å². The molecule has 0 fully saturated rings. The van der Waals surface area contributed by atoms with E-state index in [1.54, 1.807) is 45.0 Å². The summed E-state index contributed by atoms with van der Waals surface area (Å²) in [5.41, 5.74) is 2.46. The second-order valence-electron chi connectivity index (χ2n) is 14.9. The number of fused-ring (bicyclic) bond motifs is 3. The Morgan fingerprint density at radius 1 is 0.771 bits per heavy atom. The molecule has 0 N–H and O–H groups in total. The number of rotatable bonds is 5. The number of benzene rings is 3. The van der Waals surface area contributed by atoms with Crippen LogP contribution in [0.5, 0.6) is 0 Å². The van der Waals surface area contributed by atoms with Crippen molar-refractivity contribution in [1.29, 1.82) is 0 Å². The van der Waals surface area contributed by atoms with Gasteiger partial charge in [-0.3, -0.25) is 0 Å². The molecule has 3 aromatic carbocycles. The van der Waals surface area contributed by atoms with E-state index in [4.69, 9.17) is 13.7 Å². The van der Waals surface area contributed by atoms with Gasteiger partial charge in [-0.25, -0.2) is 0 Å². The molecule has 0 unspecified atom stereocenters. The summed E-state index contributed by atoms with van der Waals surface area (Å²) in [6.45, 7) is 6.36. The van der Waals surface area contributed by atoms with Crippen molar-refractivity contribution in [2.24, 2.45) is 10.8 Å². The van der Waals surface area contributed by atoms with E-state index in [9.17, 15) is 0 Å². The molecule has 0 saturated carbocycles. The smallest absolute Gasteiger partial charge is 0 e. The van der Waals surface area contributed by atoms with Gasteiger partial charge in [0.1, 0.15) is 0 Å². The van der Waals surface area contributed by atoms with E-state index in [1.165, 1.54) is 23.6 Å². The van der Waals surface area contributed by atoms with Crippen LogP contribution < -0.4 is 4.40 Å². The maximum Gasteiger partial charge on any atom is 0 e. The van der Waals surface area contributed by atoms with E-state index in [-0.39, 0.29) is 36.8 Å². The number of pyridine rings is 2. The van der Waals surface area contributed by atoms with Crippen LogP contribution in [0.3, 0.4) is 0 Å². The summed E-state index contributed by atoms with van der Waals surface area (Å²) >= 11 is -0.825. The summed E-state index contributed by atoms with van der Waals surface area (Å²) in [5, 5.41) is 1.82. The van der Waals surface area contributed by atoms with Crippen molar-refractivity contribution >= 4 is 49.2 Å². The van der Waals surface area contributed by atoms with Crippen LogP contribution in [0.15, 0.2) is 79.1 Å². The molecule has 0 amide bonds. The fourth-order valence-electron chi connectivity index (χ4n) is 5.29. The molecule has 3 aromatic heterocycles. The van der Waals surface area contributed by atoms with E-state index in [2.05, 4.69) is 39.4 Å². The number of hydrogen-bond donors (Lipinski definition) is 0. The molecule has 0 aliphatic rings. The van der Waals surface area contributed by atoms with Gasteiger partial charge in [0.25, 0.3) is 0 Å². The Morgan fingerprint density at radius 2 is 1.48 bits per heavy atom. The normalized spacial score (nSPS) is 16.3. The van der Waals surface area contributed by atoms with Crippen LogP contribution in [0.1, 0.15) is 77.5 Å². The Balaban J connectivity index is 0.000000272. The second kappa shape index (κ2) is 15.1. The van der Waals surface area contributed by atoms with Crippen LogP contribution in [-0.2, 0) is 32.9 Å². The molecule has 2 nitrogen and oxygen atoms in total. The first-order valence-corrected chi connectivity index (χ1v) is 24.0. The summed E-state index contributed by atoms with van der Waals surface area (Å²) in [7, 11) is 0. The Kier molecular flexibility index (Phi) is 8.24. The number of thiophene rings is 1. The van der Waals surface area contributed by atoms with Crippen LogP contribution in [0.4, 0.5) is 0 Å². The van der Waals surface area contributed by atoms with Crippen LogP contribution in [0, 0.1) is 36.7 Å². The van der Waals surface area contributed by atoms with Gasteiger partial charge in [0.05, 0.1) is 0 Å². The Hall–Kier alpha value is -2.63. The van der Waals surface area contributed by atoms with E-state index in [0.29, 0.717) is 11.3 Å². The Labute approximate surface area is 323 Å². The topological polar surface area (TPSA) is 25.8 Å². The zero-order valence-electron chi connectivity index (χ0n) is 39.1. The minimum atomic E-state index is -2.52. The fraction of sp³-hybridized carbons (Fsp3) is 0.349. The summed E-state index contributed by atoms with van der Waals surface area (Å²) in [4.78, 5) is 9.03. The zero-order chi connectivity index (χ0) is 42.7. The SMILES string of the molecule is [2H]C([2H])([2H])c1ccc2c(c1)sc1c(-c3cc(C([2H])([2H])C(C)(C)C)c(C([2H])([2H])[2H])cn3)[c-]ccc12.[2H]C([2H])(c1cc(-c2[c-]cccc2)nc[c]1[Ge]([CH3])([CH3])[CH3])C(C)(C)C.[Ir]. The largest absolute Gasteiger partial charge is 0 e. The number of aromatic nitrogens is 2. The number of aryl methyl sites for hydroxylation is 2. The molecule has 3 heterocycles. The van der Waals surface area contributed by atoms with Crippen LogP contribution >= 0.6 is 11.3 Å². The van der Waals surface area contributed by atoms with E-state index in [1.807, 2.05) is 63.4 Å². The first-order valence-electron chi connectivity index (χ1n) is 20.8. The minimum absolute atomic E-state index is 0. The van der Waals surface area contributed by atoms with E-state index < -0.39 is 50.5 Å². The van der Waals surface area contributed by atoms with Crippen molar-refractivity contribution in [2.45, 2.75) is 85.3 Å². The van der Waals surface area contributed by atoms with Crippen molar-refractivity contribution in [3.63, 3.8) is 0 Å². The first-order chi connectivity index (χ1) is 26.0.